The van der Waals surface area contributed by atoms with Crippen LogP contribution in [-0.4, -0.2) is 53.0 Å². The molecule has 1 saturated carbocycles. The van der Waals surface area contributed by atoms with Crippen LogP contribution in [0.1, 0.15) is 53.2 Å². The number of hydrogen-bond acceptors (Lipinski definition) is 5. The van der Waals surface area contributed by atoms with Gasteiger partial charge in [0, 0.05) is 24.0 Å². The second kappa shape index (κ2) is 8.62. The molecule has 0 radical (unpaired) electrons. The molecule has 1 atom stereocenters. The normalized spacial score (nSPS) is 19.7. The molecule has 6 heteroatoms. The lowest BCUT2D eigenvalue weighted by Gasteiger charge is -2.22. The smallest absolute Gasteiger partial charge is 0.273 e. The van der Waals surface area contributed by atoms with E-state index in [-0.39, 0.29) is 5.91 Å². The topological polar surface area (TPSA) is 45.7 Å². The summed E-state index contributed by atoms with van der Waals surface area (Å²) in [6.07, 6.45) is 5.80. The summed E-state index contributed by atoms with van der Waals surface area (Å²) in [7, 11) is 2.20. The zero-order chi connectivity index (χ0) is 19.5. The molecule has 28 heavy (non-hydrogen) atoms. The van der Waals surface area contributed by atoms with Gasteiger partial charge < -0.3 is 14.5 Å². The maximum absolute atomic E-state index is 12.9. The Morgan fingerprint density at radius 3 is 2.89 bits per heavy atom. The predicted octanol–water partition coefficient (Wildman–Crippen LogP) is 4.12. The molecule has 1 amide bonds. The Kier molecular flexibility index (Phi) is 5.97. The number of aromatic nitrogens is 1. The van der Waals surface area contributed by atoms with E-state index < -0.39 is 0 Å². The molecule has 5 nitrogen and oxygen atoms in total. The SMILES string of the molecule is Cc1nc(C(=O)N(Cc2cccc(OCC[C@@H]3CCCN3C)c2)C2CC2)cs1. The van der Waals surface area contributed by atoms with Crippen molar-refractivity contribution in [3.05, 3.63) is 45.9 Å². The Labute approximate surface area is 171 Å². The van der Waals surface area contributed by atoms with E-state index in [1.165, 1.54) is 30.7 Å². The van der Waals surface area contributed by atoms with E-state index in [0.29, 0.717) is 24.3 Å². The molecule has 2 fully saturated rings. The van der Waals surface area contributed by atoms with Crippen LogP contribution in [0.2, 0.25) is 0 Å². The fourth-order valence-electron chi connectivity index (χ4n) is 3.95. The lowest BCUT2D eigenvalue weighted by molar-refractivity contribution is 0.0724. The monoisotopic (exact) mass is 399 g/mol. The van der Waals surface area contributed by atoms with Crippen molar-refractivity contribution in [2.75, 3.05) is 20.2 Å². The van der Waals surface area contributed by atoms with E-state index >= 15 is 0 Å². The van der Waals surface area contributed by atoms with E-state index in [1.807, 2.05) is 29.3 Å². The van der Waals surface area contributed by atoms with Gasteiger partial charge in [0.15, 0.2) is 0 Å². The third-order valence-electron chi connectivity index (χ3n) is 5.73. The van der Waals surface area contributed by atoms with Gasteiger partial charge in [-0.05, 0) is 70.3 Å². The van der Waals surface area contributed by atoms with Crippen molar-refractivity contribution in [2.24, 2.45) is 0 Å². The molecule has 0 bridgehead atoms. The third kappa shape index (κ3) is 4.73. The van der Waals surface area contributed by atoms with Crippen LogP contribution in [0.3, 0.4) is 0 Å². The fraction of sp³-hybridized carbons (Fsp3) is 0.545. The first-order valence-electron chi connectivity index (χ1n) is 10.3. The average molecular weight is 400 g/mol. The minimum absolute atomic E-state index is 0.0439. The zero-order valence-electron chi connectivity index (χ0n) is 16.8. The summed E-state index contributed by atoms with van der Waals surface area (Å²) >= 11 is 1.53. The summed E-state index contributed by atoms with van der Waals surface area (Å²) in [6, 6.07) is 9.17. The number of carbonyl (C=O) groups is 1. The maximum atomic E-state index is 12.9. The molecule has 1 aromatic heterocycles. The highest BCUT2D eigenvalue weighted by molar-refractivity contribution is 7.09. The van der Waals surface area contributed by atoms with Gasteiger partial charge in [0.05, 0.1) is 11.6 Å². The summed E-state index contributed by atoms with van der Waals surface area (Å²) in [6.45, 7) is 4.49. The van der Waals surface area contributed by atoms with Crippen LogP contribution in [0.4, 0.5) is 0 Å². The van der Waals surface area contributed by atoms with Crippen LogP contribution in [0.15, 0.2) is 29.6 Å². The zero-order valence-corrected chi connectivity index (χ0v) is 17.6. The van der Waals surface area contributed by atoms with Crippen LogP contribution >= 0.6 is 11.3 Å². The van der Waals surface area contributed by atoms with Gasteiger partial charge in [0.25, 0.3) is 5.91 Å². The molecule has 1 aromatic carbocycles. The summed E-state index contributed by atoms with van der Waals surface area (Å²) in [4.78, 5) is 21.7. The maximum Gasteiger partial charge on any atom is 0.273 e. The van der Waals surface area contributed by atoms with Crippen LogP contribution in [-0.2, 0) is 6.54 Å². The number of carbonyl (C=O) groups excluding carboxylic acids is 1. The number of thiazole rings is 1. The predicted molar refractivity (Wildman–Crippen MR) is 112 cm³/mol. The Bertz CT molecular complexity index is 818. The first kappa shape index (κ1) is 19.4. The molecular weight excluding hydrogens is 370 g/mol. The van der Waals surface area contributed by atoms with Crippen molar-refractivity contribution < 1.29 is 9.53 Å². The van der Waals surface area contributed by atoms with Gasteiger partial charge in [-0.3, -0.25) is 4.79 Å². The molecule has 2 aromatic rings. The first-order valence-corrected chi connectivity index (χ1v) is 11.1. The van der Waals surface area contributed by atoms with Gasteiger partial charge in [-0.25, -0.2) is 4.98 Å². The van der Waals surface area contributed by atoms with Crippen molar-refractivity contribution >= 4 is 17.2 Å². The Balaban J connectivity index is 1.36. The largest absolute Gasteiger partial charge is 0.494 e. The van der Waals surface area contributed by atoms with Crippen molar-refractivity contribution in [3.63, 3.8) is 0 Å². The van der Waals surface area contributed by atoms with E-state index in [4.69, 9.17) is 4.74 Å². The van der Waals surface area contributed by atoms with Crippen LogP contribution in [0.5, 0.6) is 5.75 Å². The molecular formula is C22H29N3O2S. The highest BCUT2D eigenvalue weighted by Gasteiger charge is 2.34. The molecule has 1 aliphatic heterocycles. The summed E-state index contributed by atoms with van der Waals surface area (Å²) < 4.78 is 6.02. The fourth-order valence-corrected chi connectivity index (χ4v) is 4.54. The van der Waals surface area contributed by atoms with Crippen molar-refractivity contribution in [1.29, 1.82) is 0 Å². The Morgan fingerprint density at radius 2 is 2.21 bits per heavy atom. The van der Waals surface area contributed by atoms with Gasteiger partial charge in [0.2, 0.25) is 0 Å². The molecule has 150 valence electrons. The van der Waals surface area contributed by atoms with Gasteiger partial charge in [0.1, 0.15) is 11.4 Å². The standard InChI is InChI=1S/C22H29N3O2S/c1-16-23-21(15-28-16)22(26)25(19-8-9-19)14-17-5-3-7-20(13-17)27-12-10-18-6-4-11-24(18)2/h3,5,7,13,15,18-19H,4,6,8-12,14H2,1-2H3/t18-/m0/s1. The van der Waals surface area contributed by atoms with Crippen LogP contribution in [0, 0.1) is 6.92 Å². The number of hydrogen-bond donors (Lipinski definition) is 0. The molecule has 2 aliphatic rings. The highest BCUT2D eigenvalue weighted by Crippen LogP contribution is 2.30. The molecule has 0 unspecified atom stereocenters. The highest BCUT2D eigenvalue weighted by atomic mass is 32.1. The number of likely N-dealkylation sites (tertiary alicyclic amines) is 1. The average Bonchev–Trinajstić information content (AvgIpc) is 3.31. The van der Waals surface area contributed by atoms with Gasteiger partial charge in [-0.2, -0.15) is 0 Å². The lowest BCUT2D eigenvalue weighted by Crippen LogP contribution is -2.32. The molecule has 1 aliphatic carbocycles. The van der Waals surface area contributed by atoms with Gasteiger partial charge in [-0.1, -0.05) is 12.1 Å². The molecule has 0 spiro atoms. The second-order valence-electron chi connectivity index (χ2n) is 7.98. The number of nitrogens with zero attached hydrogens (tertiary/aromatic N) is 3. The number of benzene rings is 1. The van der Waals surface area contributed by atoms with E-state index in [2.05, 4.69) is 29.1 Å². The molecule has 4 rings (SSSR count). The van der Waals surface area contributed by atoms with Crippen molar-refractivity contribution in [3.8, 4) is 5.75 Å². The third-order valence-corrected chi connectivity index (χ3v) is 6.50. The number of amides is 1. The van der Waals surface area contributed by atoms with Crippen LogP contribution < -0.4 is 4.74 Å². The summed E-state index contributed by atoms with van der Waals surface area (Å²) in [5.74, 6) is 0.938. The summed E-state index contributed by atoms with van der Waals surface area (Å²) in [5, 5.41) is 2.80. The minimum atomic E-state index is 0.0439. The molecule has 1 saturated heterocycles. The van der Waals surface area contributed by atoms with Crippen molar-refractivity contribution in [2.45, 2.75) is 57.7 Å². The first-order chi connectivity index (χ1) is 13.6. The van der Waals surface area contributed by atoms with Gasteiger partial charge in [-0.15, -0.1) is 11.3 Å². The van der Waals surface area contributed by atoms with E-state index in [9.17, 15) is 4.79 Å². The molecule has 2 heterocycles. The number of ether oxygens (including phenoxy) is 1. The Morgan fingerprint density at radius 1 is 1.36 bits per heavy atom. The Hall–Kier alpha value is -1.92. The lowest BCUT2D eigenvalue weighted by atomic mass is 10.1. The van der Waals surface area contributed by atoms with Crippen molar-refractivity contribution in [1.82, 2.24) is 14.8 Å². The molecule has 0 N–H and O–H groups in total. The van der Waals surface area contributed by atoms with E-state index in [1.54, 1.807) is 0 Å². The minimum Gasteiger partial charge on any atom is -0.494 e. The quantitative estimate of drug-likeness (QED) is 0.670. The number of rotatable bonds is 8. The second-order valence-corrected chi connectivity index (χ2v) is 9.04. The summed E-state index contributed by atoms with van der Waals surface area (Å²) in [5.41, 5.74) is 1.69. The van der Waals surface area contributed by atoms with Crippen LogP contribution in [0.25, 0.3) is 0 Å². The van der Waals surface area contributed by atoms with E-state index in [0.717, 1.165) is 42.2 Å². The number of aryl methyl sites for hydroxylation is 1. The van der Waals surface area contributed by atoms with Gasteiger partial charge >= 0.3 is 0 Å².